The molecule has 1 saturated heterocycles. The molecular weight excluding hydrogens is 456 g/mol. The van der Waals surface area contributed by atoms with E-state index in [0.717, 1.165) is 42.7 Å². The lowest BCUT2D eigenvalue weighted by Gasteiger charge is -2.29. The Hall–Kier alpha value is -2.18. The molecule has 1 atom stereocenters. The average molecular weight is 499 g/mol. The Kier molecular flexibility index (Phi) is 11.8. The van der Waals surface area contributed by atoms with E-state index in [4.69, 9.17) is 4.74 Å². The topological polar surface area (TPSA) is 49.9 Å². The molecule has 1 aliphatic rings. The van der Waals surface area contributed by atoms with Gasteiger partial charge in [-0.05, 0) is 43.9 Å². The second-order valence-electron chi connectivity index (χ2n) is 9.67. The third-order valence-electron chi connectivity index (χ3n) is 6.58. The molecule has 0 bridgehead atoms. The second-order valence-corrected chi connectivity index (χ2v) is 11.0. The highest BCUT2D eigenvalue weighted by Crippen LogP contribution is 2.20. The van der Waals surface area contributed by atoms with Crippen LogP contribution in [0.1, 0.15) is 80.0 Å². The van der Waals surface area contributed by atoms with Crippen molar-refractivity contribution in [3.8, 4) is 0 Å². The van der Waals surface area contributed by atoms with Crippen molar-refractivity contribution in [3.05, 3.63) is 57.8 Å². The quantitative estimate of drug-likeness (QED) is 0.269. The summed E-state index contributed by atoms with van der Waals surface area (Å²) in [7, 11) is 0. The van der Waals surface area contributed by atoms with Crippen LogP contribution in [0, 0.1) is 6.92 Å². The minimum atomic E-state index is -0.00537. The fraction of sp³-hybridized carbons (Fsp3) is 0.586. The Morgan fingerprint density at radius 1 is 0.943 bits per heavy atom. The summed E-state index contributed by atoms with van der Waals surface area (Å²) in [4.78, 5) is 32.8. The molecule has 5 nitrogen and oxygen atoms in total. The summed E-state index contributed by atoms with van der Waals surface area (Å²) in [6, 6.07) is 14.3. The predicted molar refractivity (Wildman–Crippen MR) is 143 cm³/mol. The number of hydrogen-bond donors (Lipinski definition) is 0. The van der Waals surface area contributed by atoms with E-state index in [0.29, 0.717) is 26.1 Å². The fourth-order valence-corrected chi connectivity index (χ4v) is 5.47. The molecule has 1 fully saturated rings. The molecule has 1 aromatic carbocycles. The summed E-state index contributed by atoms with van der Waals surface area (Å²) in [5.74, 6) is 0.0742. The van der Waals surface area contributed by atoms with Gasteiger partial charge in [-0.15, -0.1) is 11.3 Å². The molecule has 192 valence electrons. The van der Waals surface area contributed by atoms with Gasteiger partial charge in [0.25, 0.3) is 0 Å². The zero-order valence-electron chi connectivity index (χ0n) is 21.5. The van der Waals surface area contributed by atoms with Crippen LogP contribution in [0.2, 0.25) is 0 Å². The Bertz CT molecular complexity index is 892. The van der Waals surface area contributed by atoms with Crippen LogP contribution >= 0.6 is 11.3 Å². The van der Waals surface area contributed by atoms with E-state index in [1.54, 1.807) is 16.2 Å². The van der Waals surface area contributed by atoms with Crippen molar-refractivity contribution < 1.29 is 14.3 Å². The molecule has 0 radical (unpaired) electrons. The van der Waals surface area contributed by atoms with E-state index in [9.17, 15) is 9.59 Å². The second kappa shape index (κ2) is 15.0. The van der Waals surface area contributed by atoms with Crippen LogP contribution in [-0.4, -0.2) is 47.4 Å². The SMILES string of the molecule is CCCCCCCCC(=O)N(CC(=O)N(Cc1ccccc1)Cc1ccc(C)s1)C[C@H]1CCCO1. The van der Waals surface area contributed by atoms with Crippen LogP contribution in [0.4, 0.5) is 0 Å². The number of hydrogen-bond acceptors (Lipinski definition) is 4. The first-order valence-electron chi connectivity index (χ1n) is 13.3. The molecule has 1 aliphatic heterocycles. The molecule has 0 unspecified atom stereocenters. The highest BCUT2D eigenvalue weighted by Gasteiger charge is 2.26. The van der Waals surface area contributed by atoms with Crippen LogP contribution in [0.3, 0.4) is 0 Å². The molecule has 0 aliphatic carbocycles. The number of thiophene rings is 1. The van der Waals surface area contributed by atoms with Gasteiger partial charge in [0.15, 0.2) is 0 Å². The van der Waals surface area contributed by atoms with Crippen molar-refractivity contribution in [1.29, 1.82) is 0 Å². The first-order chi connectivity index (χ1) is 17.0. The number of benzene rings is 1. The first kappa shape index (κ1) is 27.4. The smallest absolute Gasteiger partial charge is 0.242 e. The summed E-state index contributed by atoms with van der Waals surface area (Å²) >= 11 is 1.72. The number of ether oxygens (including phenoxy) is 1. The molecule has 0 spiro atoms. The van der Waals surface area contributed by atoms with Gasteiger partial charge in [-0.1, -0.05) is 69.4 Å². The fourth-order valence-electron chi connectivity index (χ4n) is 4.56. The van der Waals surface area contributed by atoms with Crippen molar-refractivity contribution in [2.75, 3.05) is 19.7 Å². The summed E-state index contributed by atoms with van der Waals surface area (Å²) in [6.07, 6.45) is 9.39. The van der Waals surface area contributed by atoms with E-state index in [-0.39, 0.29) is 24.5 Å². The van der Waals surface area contributed by atoms with Gasteiger partial charge < -0.3 is 14.5 Å². The van der Waals surface area contributed by atoms with Crippen LogP contribution < -0.4 is 0 Å². The largest absolute Gasteiger partial charge is 0.376 e. The van der Waals surface area contributed by atoms with Crippen molar-refractivity contribution in [2.45, 2.75) is 90.8 Å². The lowest BCUT2D eigenvalue weighted by Crippen LogP contribution is -2.45. The Morgan fingerprint density at radius 2 is 1.71 bits per heavy atom. The maximum absolute atomic E-state index is 13.6. The van der Waals surface area contributed by atoms with Gasteiger partial charge in [-0.3, -0.25) is 9.59 Å². The number of nitrogens with zero attached hydrogens (tertiary/aromatic N) is 2. The monoisotopic (exact) mass is 498 g/mol. The number of aryl methyl sites for hydroxylation is 1. The van der Waals surface area contributed by atoms with Crippen molar-refractivity contribution >= 4 is 23.2 Å². The van der Waals surface area contributed by atoms with E-state index in [1.807, 2.05) is 35.2 Å². The third kappa shape index (κ3) is 9.77. The molecular formula is C29H42N2O3S. The van der Waals surface area contributed by atoms with E-state index in [2.05, 4.69) is 26.0 Å². The number of carbonyl (C=O) groups excluding carboxylic acids is 2. The average Bonchev–Trinajstić information content (AvgIpc) is 3.52. The van der Waals surface area contributed by atoms with Gasteiger partial charge in [-0.25, -0.2) is 0 Å². The van der Waals surface area contributed by atoms with Crippen molar-refractivity contribution in [1.82, 2.24) is 9.80 Å². The molecule has 0 saturated carbocycles. The van der Waals surface area contributed by atoms with Crippen LogP contribution in [0.15, 0.2) is 42.5 Å². The zero-order valence-corrected chi connectivity index (χ0v) is 22.4. The third-order valence-corrected chi connectivity index (χ3v) is 7.57. The normalized spacial score (nSPS) is 15.3. The minimum Gasteiger partial charge on any atom is -0.376 e. The number of unbranched alkanes of at least 4 members (excludes halogenated alkanes) is 5. The number of amides is 2. The summed E-state index contributed by atoms with van der Waals surface area (Å²) in [6.45, 7) is 6.77. The van der Waals surface area contributed by atoms with Crippen molar-refractivity contribution in [3.63, 3.8) is 0 Å². The van der Waals surface area contributed by atoms with Gasteiger partial charge >= 0.3 is 0 Å². The van der Waals surface area contributed by atoms with Gasteiger partial charge in [-0.2, -0.15) is 0 Å². The maximum atomic E-state index is 13.6. The Labute approximate surface area is 215 Å². The predicted octanol–water partition coefficient (Wildman–Crippen LogP) is 6.34. The zero-order chi connectivity index (χ0) is 24.9. The van der Waals surface area contributed by atoms with Crippen LogP contribution in [0.5, 0.6) is 0 Å². The molecule has 2 heterocycles. The summed E-state index contributed by atoms with van der Waals surface area (Å²) in [5.41, 5.74) is 1.10. The standard InChI is InChI=1S/C29H42N2O3S/c1-3-4-5-6-7-11-16-28(32)31(21-26-15-12-19-34-26)23-29(33)30(20-25-13-9-8-10-14-25)22-27-18-17-24(2)35-27/h8-10,13-14,17-18,26H,3-7,11-12,15-16,19-23H2,1-2H3/t26-/m1/s1. The molecule has 2 aromatic rings. The minimum absolute atomic E-state index is 0.00537. The molecule has 2 amide bonds. The van der Waals surface area contributed by atoms with Gasteiger partial charge in [0.05, 0.1) is 19.2 Å². The lowest BCUT2D eigenvalue weighted by atomic mass is 10.1. The highest BCUT2D eigenvalue weighted by atomic mass is 32.1. The highest BCUT2D eigenvalue weighted by molar-refractivity contribution is 7.11. The molecule has 0 N–H and O–H groups in total. The van der Waals surface area contributed by atoms with Gasteiger partial charge in [0.2, 0.25) is 11.8 Å². The van der Waals surface area contributed by atoms with E-state index >= 15 is 0 Å². The van der Waals surface area contributed by atoms with Crippen molar-refractivity contribution in [2.24, 2.45) is 0 Å². The molecule has 3 rings (SSSR count). The number of rotatable bonds is 15. The first-order valence-corrected chi connectivity index (χ1v) is 14.1. The molecule has 6 heteroatoms. The molecule has 1 aromatic heterocycles. The number of carbonyl (C=O) groups is 2. The van der Waals surface area contributed by atoms with E-state index in [1.165, 1.54) is 30.6 Å². The lowest BCUT2D eigenvalue weighted by molar-refractivity contribution is -0.142. The summed E-state index contributed by atoms with van der Waals surface area (Å²) in [5, 5.41) is 0. The van der Waals surface area contributed by atoms with Crippen LogP contribution in [-0.2, 0) is 27.4 Å². The maximum Gasteiger partial charge on any atom is 0.242 e. The molecule has 35 heavy (non-hydrogen) atoms. The van der Waals surface area contributed by atoms with Gasteiger partial charge in [0.1, 0.15) is 0 Å². The van der Waals surface area contributed by atoms with E-state index < -0.39 is 0 Å². The van der Waals surface area contributed by atoms with Crippen LogP contribution in [0.25, 0.3) is 0 Å². The summed E-state index contributed by atoms with van der Waals surface area (Å²) < 4.78 is 5.82. The Morgan fingerprint density at radius 3 is 2.40 bits per heavy atom. The van der Waals surface area contributed by atoms with Gasteiger partial charge in [0, 0.05) is 35.9 Å². The Balaban J connectivity index is 1.65.